The number of ether oxygens (including phenoxy) is 1. The van der Waals surface area contributed by atoms with Crippen LogP contribution in [0.2, 0.25) is 0 Å². The molecular formula is C15H14BiF3O5S. The molecule has 1 aliphatic rings. The Balaban J connectivity index is 0.000000301. The monoisotopic (exact) mass is 572 g/mol. The Kier molecular flexibility index (Phi) is 7.96. The van der Waals surface area contributed by atoms with Crippen molar-refractivity contribution >= 4 is 39.9 Å². The summed E-state index contributed by atoms with van der Waals surface area (Å²) in [5.41, 5.74) is -2.85. The van der Waals surface area contributed by atoms with E-state index in [-0.39, 0.29) is 5.48 Å². The molecule has 0 aromatic heterocycles. The molecule has 0 spiro atoms. The van der Waals surface area contributed by atoms with E-state index in [1.807, 2.05) is 0 Å². The quantitative estimate of drug-likeness (QED) is 0.263. The second-order valence-electron chi connectivity index (χ2n) is 4.76. The van der Waals surface area contributed by atoms with E-state index in [0.717, 1.165) is 13.2 Å². The standard InChI is InChI=1S/C14H12O.CHF3O3S.Bi.H2O/c1-3-7-13(8-4-1)11-15-12-14-9-5-2-6-10-14;2-1(3,4)8(5,6)7;;/h1-7,9H,11-12H2;(H,5,6,7);;1H2/q;;+1;/p-1. The van der Waals surface area contributed by atoms with Crippen molar-refractivity contribution in [2.45, 2.75) is 18.7 Å². The van der Waals surface area contributed by atoms with Crippen LogP contribution >= 0.6 is 0 Å². The van der Waals surface area contributed by atoms with Gasteiger partial charge in [-0.05, 0) is 0 Å². The fourth-order valence-corrected chi connectivity index (χ4v) is 6.34. The molecule has 1 aliphatic heterocycles. The Labute approximate surface area is 154 Å². The molecular weight excluding hydrogens is 558 g/mol. The number of halogens is 3. The second kappa shape index (κ2) is 9.05. The molecule has 0 atom stereocenters. The Hall–Kier alpha value is -1.06. The van der Waals surface area contributed by atoms with Crippen LogP contribution in [0.5, 0.6) is 0 Å². The van der Waals surface area contributed by atoms with Gasteiger partial charge in [0.05, 0.1) is 0 Å². The van der Waals surface area contributed by atoms with E-state index < -0.39 is 38.9 Å². The first-order valence-electron chi connectivity index (χ1n) is 6.66. The average Bonchev–Trinajstić information content (AvgIpc) is 2.46. The molecule has 0 unspecified atom stereocenters. The number of hydrogen-bond donors (Lipinski definition) is 0. The summed E-state index contributed by atoms with van der Waals surface area (Å²) in [5.74, 6) is 0. The Morgan fingerprint density at radius 2 is 1.28 bits per heavy atom. The predicted octanol–water partition coefficient (Wildman–Crippen LogP) is 0.598. The molecule has 3 rings (SSSR count). The van der Waals surface area contributed by atoms with Crippen LogP contribution in [0.1, 0.15) is 11.1 Å². The van der Waals surface area contributed by atoms with E-state index in [1.165, 1.54) is 11.1 Å². The topological polar surface area (TPSA) is 97.9 Å². The molecule has 5 nitrogen and oxygen atoms in total. The van der Waals surface area contributed by atoms with Gasteiger partial charge in [-0.3, -0.25) is 0 Å². The number of alkyl halides is 3. The SMILES string of the molecule is O.O=S(=O)([O-])C(F)(F)F.c1cc[c]2c(c1)COCc1cccc[c]1[Bi+]2. The molecule has 1 heterocycles. The van der Waals surface area contributed by atoms with Crippen molar-refractivity contribution in [1.29, 1.82) is 0 Å². The van der Waals surface area contributed by atoms with Crippen LogP contribution in [0.15, 0.2) is 48.5 Å². The summed E-state index contributed by atoms with van der Waals surface area (Å²) in [5, 5.41) is 0. The molecule has 2 aromatic carbocycles. The third-order valence-corrected chi connectivity index (χ3v) is 8.85. The van der Waals surface area contributed by atoms with Crippen LogP contribution in [-0.2, 0) is 28.1 Å². The number of hydrogen-bond acceptors (Lipinski definition) is 4. The van der Waals surface area contributed by atoms with Gasteiger partial charge in [0.2, 0.25) is 0 Å². The Morgan fingerprint density at radius 3 is 1.64 bits per heavy atom. The van der Waals surface area contributed by atoms with E-state index in [9.17, 15) is 13.2 Å². The van der Waals surface area contributed by atoms with Crippen LogP contribution in [-0.4, -0.2) is 47.2 Å². The van der Waals surface area contributed by atoms with Crippen molar-refractivity contribution in [3.05, 3.63) is 59.7 Å². The molecule has 10 heteroatoms. The van der Waals surface area contributed by atoms with Gasteiger partial charge < -0.3 is 10.0 Å². The van der Waals surface area contributed by atoms with E-state index in [2.05, 4.69) is 48.5 Å². The zero-order valence-corrected chi connectivity index (χ0v) is 16.9. The van der Waals surface area contributed by atoms with E-state index in [0.29, 0.717) is 0 Å². The summed E-state index contributed by atoms with van der Waals surface area (Å²) >= 11 is -0.738. The van der Waals surface area contributed by atoms with Gasteiger partial charge in [-0.25, -0.2) is 8.42 Å². The molecule has 2 aromatic rings. The molecule has 2 radical (unpaired) electrons. The van der Waals surface area contributed by atoms with E-state index in [1.54, 1.807) is 6.54 Å². The number of rotatable bonds is 0. The van der Waals surface area contributed by atoms with Crippen LogP contribution in [0.3, 0.4) is 0 Å². The van der Waals surface area contributed by atoms with E-state index >= 15 is 0 Å². The van der Waals surface area contributed by atoms with Gasteiger partial charge in [0, 0.05) is 0 Å². The van der Waals surface area contributed by atoms with Gasteiger partial charge in [-0.1, -0.05) is 0 Å². The van der Waals surface area contributed by atoms with Crippen molar-refractivity contribution < 1.29 is 36.4 Å². The van der Waals surface area contributed by atoms with Crippen LogP contribution < -0.4 is 6.54 Å². The van der Waals surface area contributed by atoms with Gasteiger partial charge >= 0.3 is 113 Å². The van der Waals surface area contributed by atoms with Crippen molar-refractivity contribution in [1.82, 2.24) is 0 Å². The van der Waals surface area contributed by atoms with Gasteiger partial charge in [-0.15, -0.1) is 0 Å². The first-order chi connectivity index (χ1) is 11.2. The predicted molar refractivity (Wildman–Crippen MR) is 85.8 cm³/mol. The molecule has 0 fully saturated rings. The number of benzene rings is 2. The summed E-state index contributed by atoms with van der Waals surface area (Å²) in [6, 6.07) is 17.5. The van der Waals surface area contributed by atoms with Crippen molar-refractivity contribution in [3.63, 3.8) is 0 Å². The summed E-state index contributed by atoms with van der Waals surface area (Å²) in [6.45, 7) is 1.54. The zero-order valence-electron chi connectivity index (χ0n) is 12.7. The van der Waals surface area contributed by atoms with Crippen LogP contribution in [0, 0.1) is 0 Å². The fourth-order valence-electron chi connectivity index (χ4n) is 1.88. The first kappa shape index (κ1) is 22.0. The molecule has 0 saturated heterocycles. The number of fused-ring (bicyclic) bond motifs is 2. The van der Waals surface area contributed by atoms with Crippen molar-refractivity contribution in [3.8, 4) is 0 Å². The third kappa shape index (κ3) is 6.31. The van der Waals surface area contributed by atoms with Crippen molar-refractivity contribution in [2.75, 3.05) is 0 Å². The third-order valence-electron chi connectivity index (χ3n) is 3.02. The Morgan fingerprint density at radius 1 is 0.920 bits per heavy atom. The van der Waals surface area contributed by atoms with Gasteiger partial charge in [0.1, 0.15) is 0 Å². The first-order valence-corrected chi connectivity index (χ1v) is 11.5. The molecule has 0 amide bonds. The fraction of sp³-hybridized carbons (Fsp3) is 0.200. The molecule has 136 valence electrons. The van der Waals surface area contributed by atoms with Crippen molar-refractivity contribution in [2.24, 2.45) is 0 Å². The zero-order chi connectivity index (χ0) is 17.8. The minimum absolute atomic E-state index is 0. The van der Waals surface area contributed by atoms with Crippen LogP contribution in [0.25, 0.3) is 0 Å². The molecule has 0 saturated carbocycles. The molecule has 2 N–H and O–H groups in total. The molecule has 25 heavy (non-hydrogen) atoms. The maximum atomic E-state index is 10.7. The Bertz CT molecular complexity index is 763. The molecule has 0 aliphatic carbocycles. The van der Waals surface area contributed by atoms with Crippen LogP contribution in [0.4, 0.5) is 13.2 Å². The van der Waals surface area contributed by atoms with Gasteiger partial charge in [-0.2, -0.15) is 13.2 Å². The maximum absolute atomic E-state index is 10.7. The summed E-state index contributed by atoms with van der Waals surface area (Å²) in [4.78, 5) is 0. The second-order valence-corrected chi connectivity index (χ2v) is 10.7. The van der Waals surface area contributed by atoms with Gasteiger partial charge in [0.15, 0.2) is 10.1 Å². The summed E-state index contributed by atoms with van der Waals surface area (Å²) in [7, 11) is -6.09. The summed E-state index contributed by atoms with van der Waals surface area (Å²) < 4.78 is 67.8. The normalized spacial score (nSPS) is 13.8. The minimum atomic E-state index is -6.09. The average molecular weight is 572 g/mol. The molecule has 0 bridgehead atoms. The van der Waals surface area contributed by atoms with Gasteiger partial charge in [0.25, 0.3) is 0 Å². The van der Waals surface area contributed by atoms with E-state index in [4.69, 9.17) is 17.7 Å². The summed E-state index contributed by atoms with van der Waals surface area (Å²) in [6.07, 6.45) is 0.